The van der Waals surface area contributed by atoms with E-state index in [2.05, 4.69) is 18.3 Å². The van der Waals surface area contributed by atoms with Gasteiger partial charge in [0.05, 0.1) is 11.4 Å². The highest BCUT2D eigenvalue weighted by molar-refractivity contribution is 5.66. The van der Waals surface area contributed by atoms with Crippen molar-refractivity contribution in [3.63, 3.8) is 0 Å². The van der Waals surface area contributed by atoms with Crippen molar-refractivity contribution in [1.29, 1.82) is 0 Å². The maximum Gasteiger partial charge on any atom is 0.119 e. The largest absolute Gasteiger partial charge is 0.492 e. The topological polar surface area (TPSA) is 47.3 Å². The third kappa shape index (κ3) is 3.91. The molecule has 0 radical (unpaired) electrons. The summed E-state index contributed by atoms with van der Waals surface area (Å²) in [7, 11) is 0. The molecule has 0 fully saturated rings. The van der Waals surface area contributed by atoms with Crippen LogP contribution in [0, 0.1) is 13.8 Å². The fourth-order valence-electron chi connectivity index (χ4n) is 1.88. The van der Waals surface area contributed by atoms with Crippen molar-refractivity contribution in [2.24, 2.45) is 0 Å². The van der Waals surface area contributed by atoms with Gasteiger partial charge >= 0.3 is 0 Å². The molecule has 0 bridgehead atoms. The maximum atomic E-state index is 5.90. The van der Waals surface area contributed by atoms with Gasteiger partial charge in [-0.3, -0.25) is 0 Å². The summed E-state index contributed by atoms with van der Waals surface area (Å²) in [5, 5.41) is 3.29. The lowest BCUT2D eigenvalue weighted by Gasteiger charge is -2.11. The van der Waals surface area contributed by atoms with Gasteiger partial charge in [-0.2, -0.15) is 0 Å². The van der Waals surface area contributed by atoms with E-state index >= 15 is 0 Å². The lowest BCUT2D eigenvalue weighted by atomic mass is 10.2. The number of rotatable bonds is 5. The van der Waals surface area contributed by atoms with E-state index in [1.165, 1.54) is 11.1 Å². The molecule has 2 aromatic carbocycles. The van der Waals surface area contributed by atoms with Crippen LogP contribution in [0.1, 0.15) is 11.1 Å². The SMILES string of the molecule is Cc1cccc(OCCNc2cc(C)ccc2N)c1. The molecule has 0 spiro atoms. The van der Waals surface area contributed by atoms with Gasteiger partial charge in [0.25, 0.3) is 0 Å². The highest BCUT2D eigenvalue weighted by atomic mass is 16.5. The van der Waals surface area contributed by atoms with Crippen LogP contribution in [0.25, 0.3) is 0 Å². The first-order valence-electron chi connectivity index (χ1n) is 6.44. The molecule has 3 heteroatoms. The van der Waals surface area contributed by atoms with Crippen LogP contribution < -0.4 is 15.8 Å². The van der Waals surface area contributed by atoms with Crippen LogP contribution in [0.5, 0.6) is 5.75 Å². The van der Waals surface area contributed by atoms with Crippen molar-refractivity contribution in [3.8, 4) is 5.75 Å². The van der Waals surface area contributed by atoms with Crippen LogP contribution in [0.2, 0.25) is 0 Å². The molecule has 0 aliphatic rings. The van der Waals surface area contributed by atoms with Gasteiger partial charge in [0.15, 0.2) is 0 Å². The Balaban J connectivity index is 1.82. The summed E-state index contributed by atoms with van der Waals surface area (Å²) in [6.07, 6.45) is 0. The number of aryl methyl sites for hydroxylation is 2. The average Bonchev–Trinajstić information content (AvgIpc) is 2.39. The molecular weight excluding hydrogens is 236 g/mol. The molecule has 0 unspecified atom stereocenters. The zero-order valence-electron chi connectivity index (χ0n) is 11.4. The van der Waals surface area contributed by atoms with E-state index in [-0.39, 0.29) is 0 Å². The van der Waals surface area contributed by atoms with Crippen LogP contribution in [0.3, 0.4) is 0 Å². The quantitative estimate of drug-likeness (QED) is 0.637. The number of hydrogen-bond acceptors (Lipinski definition) is 3. The third-order valence-corrected chi connectivity index (χ3v) is 2.88. The maximum absolute atomic E-state index is 5.90. The molecule has 0 aliphatic heterocycles. The zero-order valence-corrected chi connectivity index (χ0v) is 11.4. The second-order valence-electron chi connectivity index (χ2n) is 4.68. The number of anilines is 2. The normalized spacial score (nSPS) is 10.2. The Bertz CT molecular complexity index is 552. The van der Waals surface area contributed by atoms with Crippen LogP contribution in [-0.2, 0) is 0 Å². The molecule has 0 saturated heterocycles. The minimum atomic E-state index is 0.608. The Morgan fingerprint density at radius 3 is 2.63 bits per heavy atom. The summed E-state index contributed by atoms with van der Waals surface area (Å²) in [6.45, 7) is 5.44. The smallest absolute Gasteiger partial charge is 0.119 e. The first kappa shape index (κ1) is 13.3. The number of benzene rings is 2. The van der Waals surface area contributed by atoms with E-state index in [4.69, 9.17) is 10.5 Å². The van der Waals surface area contributed by atoms with Crippen molar-refractivity contribution in [2.75, 3.05) is 24.2 Å². The molecule has 0 atom stereocenters. The van der Waals surface area contributed by atoms with E-state index in [0.29, 0.717) is 6.61 Å². The van der Waals surface area contributed by atoms with Crippen LogP contribution in [0.15, 0.2) is 42.5 Å². The Kier molecular flexibility index (Phi) is 4.29. The predicted octanol–water partition coefficient (Wildman–Crippen LogP) is 3.38. The molecular formula is C16H20N2O. The van der Waals surface area contributed by atoms with E-state index in [1.54, 1.807) is 0 Å². The van der Waals surface area contributed by atoms with E-state index in [9.17, 15) is 0 Å². The molecule has 2 rings (SSSR count). The molecule has 3 N–H and O–H groups in total. The van der Waals surface area contributed by atoms with Gasteiger partial charge in [-0.25, -0.2) is 0 Å². The number of nitrogens with one attached hydrogen (secondary N) is 1. The van der Waals surface area contributed by atoms with Crippen molar-refractivity contribution in [3.05, 3.63) is 53.6 Å². The van der Waals surface area contributed by atoms with Gasteiger partial charge in [0.2, 0.25) is 0 Å². The molecule has 0 aliphatic carbocycles. The van der Waals surface area contributed by atoms with Gasteiger partial charge in [0.1, 0.15) is 12.4 Å². The van der Waals surface area contributed by atoms with Gasteiger partial charge in [-0.1, -0.05) is 18.2 Å². The summed E-state index contributed by atoms with van der Waals surface area (Å²) < 4.78 is 5.68. The van der Waals surface area contributed by atoms with Gasteiger partial charge < -0.3 is 15.8 Å². The average molecular weight is 256 g/mol. The molecule has 0 heterocycles. The number of nitrogens with two attached hydrogens (primary N) is 1. The second kappa shape index (κ2) is 6.14. The second-order valence-corrected chi connectivity index (χ2v) is 4.68. The number of ether oxygens (including phenoxy) is 1. The lowest BCUT2D eigenvalue weighted by molar-refractivity contribution is 0.332. The number of nitrogen functional groups attached to an aromatic ring is 1. The van der Waals surface area contributed by atoms with Gasteiger partial charge in [-0.15, -0.1) is 0 Å². The summed E-state index contributed by atoms with van der Waals surface area (Å²) >= 11 is 0. The van der Waals surface area contributed by atoms with E-state index in [0.717, 1.165) is 23.7 Å². The Morgan fingerprint density at radius 2 is 1.84 bits per heavy atom. The highest BCUT2D eigenvalue weighted by Gasteiger charge is 1.99. The predicted molar refractivity (Wildman–Crippen MR) is 80.8 cm³/mol. The summed E-state index contributed by atoms with van der Waals surface area (Å²) in [4.78, 5) is 0. The van der Waals surface area contributed by atoms with E-state index in [1.807, 2.05) is 43.3 Å². The Hall–Kier alpha value is -2.16. The zero-order chi connectivity index (χ0) is 13.7. The monoisotopic (exact) mass is 256 g/mol. The highest BCUT2D eigenvalue weighted by Crippen LogP contribution is 2.19. The number of hydrogen-bond donors (Lipinski definition) is 2. The molecule has 0 amide bonds. The van der Waals surface area contributed by atoms with Gasteiger partial charge in [-0.05, 0) is 49.2 Å². The third-order valence-electron chi connectivity index (χ3n) is 2.88. The summed E-state index contributed by atoms with van der Waals surface area (Å²) in [6, 6.07) is 14.0. The summed E-state index contributed by atoms with van der Waals surface area (Å²) in [5.41, 5.74) is 10.0. The molecule has 0 aromatic heterocycles. The standard InChI is InChI=1S/C16H20N2O/c1-12-4-3-5-14(10-12)19-9-8-18-16-11-13(2)6-7-15(16)17/h3-7,10-11,18H,8-9,17H2,1-2H3. The van der Waals surface area contributed by atoms with Crippen molar-refractivity contribution >= 4 is 11.4 Å². The van der Waals surface area contributed by atoms with Crippen LogP contribution >= 0.6 is 0 Å². The fourth-order valence-corrected chi connectivity index (χ4v) is 1.88. The minimum Gasteiger partial charge on any atom is -0.492 e. The van der Waals surface area contributed by atoms with Crippen molar-refractivity contribution in [1.82, 2.24) is 0 Å². The molecule has 3 nitrogen and oxygen atoms in total. The van der Waals surface area contributed by atoms with Gasteiger partial charge in [0, 0.05) is 6.54 Å². The van der Waals surface area contributed by atoms with Crippen LogP contribution in [-0.4, -0.2) is 13.2 Å². The summed E-state index contributed by atoms with van der Waals surface area (Å²) in [5.74, 6) is 0.902. The Morgan fingerprint density at radius 1 is 1.05 bits per heavy atom. The Labute approximate surface area is 114 Å². The molecule has 19 heavy (non-hydrogen) atoms. The first-order chi connectivity index (χ1) is 9.15. The minimum absolute atomic E-state index is 0.608. The van der Waals surface area contributed by atoms with Crippen molar-refractivity contribution < 1.29 is 4.74 Å². The fraction of sp³-hybridized carbons (Fsp3) is 0.250. The molecule has 2 aromatic rings. The lowest BCUT2D eigenvalue weighted by Crippen LogP contribution is -2.12. The molecule has 100 valence electrons. The van der Waals surface area contributed by atoms with Crippen LogP contribution in [0.4, 0.5) is 11.4 Å². The first-order valence-corrected chi connectivity index (χ1v) is 6.44. The van der Waals surface area contributed by atoms with Crippen molar-refractivity contribution in [2.45, 2.75) is 13.8 Å². The molecule has 0 saturated carbocycles. The van der Waals surface area contributed by atoms with E-state index < -0.39 is 0 Å².